The van der Waals surface area contributed by atoms with E-state index in [2.05, 4.69) is 10.0 Å². The first-order valence-corrected chi connectivity index (χ1v) is 10.0. The van der Waals surface area contributed by atoms with Gasteiger partial charge in [-0.2, -0.15) is 0 Å². The van der Waals surface area contributed by atoms with E-state index in [4.69, 9.17) is 4.74 Å². The van der Waals surface area contributed by atoms with Crippen molar-refractivity contribution < 1.29 is 17.9 Å². The third-order valence-corrected chi connectivity index (χ3v) is 6.12. The van der Waals surface area contributed by atoms with Crippen molar-refractivity contribution in [3.8, 4) is 0 Å². The topological polar surface area (TPSA) is 84.5 Å². The number of amides is 1. The van der Waals surface area contributed by atoms with Crippen molar-refractivity contribution in [3.63, 3.8) is 0 Å². The van der Waals surface area contributed by atoms with Gasteiger partial charge in [0.15, 0.2) is 0 Å². The Labute approximate surface area is 143 Å². The van der Waals surface area contributed by atoms with Crippen LogP contribution in [0.5, 0.6) is 0 Å². The molecule has 1 heterocycles. The molecular weight excluding hydrogens is 328 g/mol. The molecule has 1 amide bonds. The first-order chi connectivity index (χ1) is 11.5. The van der Waals surface area contributed by atoms with Crippen molar-refractivity contribution >= 4 is 15.9 Å². The number of hydrogen-bond acceptors (Lipinski definition) is 4. The fraction of sp³-hybridized carbons (Fsp3) is 0.588. The van der Waals surface area contributed by atoms with Gasteiger partial charge in [-0.3, -0.25) is 4.79 Å². The van der Waals surface area contributed by atoms with Crippen LogP contribution in [0.3, 0.4) is 0 Å². The molecule has 3 rings (SSSR count). The summed E-state index contributed by atoms with van der Waals surface area (Å²) in [6, 6.07) is 6.19. The van der Waals surface area contributed by atoms with Crippen LogP contribution < -0.4 is 10.0 Å². The molecule has 0 bridgehead atoms. The highest BCUT2D eigenvalue weighted by atomic mass is 32.2. The summed E-state index contributed by atoms with van der Waals surface area (Å²) in [6.07, 6.45) is 5.88. The van der Waals surface area contributed by atoms with E-state index in [1.54, 1.807) is 12.1 Å². The van der Waals surface area contributed by atoms with Crippen molar-refractivity contribution in [2.24, 2.45) is 0 Å². The van der Waals surface area contributed by atoms with Crippen LogP contribution in [-0.4, -0.2) is 39.6 Å². The van der Waals surface area contributed by atoms with E-state index in [9.17, 15) is 13.2 Å². The molecule has 6 nitrogen and oxygen atoms in total. The summed E-state index contributed by atoms with van der Waals surface area (Å²) < 4.78 is 33.1. The third-order valence-electron chi connectivity index (χ3n) is 4.60. The maximum absolute atomic E-state index is 12.5. The molecule has 1 saturated heterocycles. The van der Waals surface area contributed by atoms with Crippen LogP contribution in [0.2, 0.25) is 0 Å². The predicted octanol–water partition coefficient (Wildman–Crippen LogP) is 1.82. The summed E-state index contributed by atoms with van der Waals surface area (Å²) in [5.74, 6) is -0.275. The zero-order valence-corrected chi connectivity index (χ0v) is 14.5. The number of hydrogen-bond donors (Lipinski definition) is 2. The highest BCUT2D eigenvalue weighted by molar-refractivity contribution is 7.89. The molecule has 132 valence electrons. The van der Waals surface area contributed by atoms with Gasteiger partial charge < -0.3 is 10.1 Å². The molecule has 1 unspecified atom stereocenters. The SMILES string of the molecule is O=C(NCC1CCCO1)c1cccc(S(=O)(=O)NC2CCCC2)c1. The van der Waals surface area contributed by atoms with Crippen molar-refractivity contribution in [2.45, 2.75) is 55.6 Å². The van der Waals surface area contributed by atoms with Crippen LogP contribution >= 0.6 is 0 Å². The van der Waals surface area contributed by atoms with Gasteiger partial charge in [-0.05, 0) is 43.9 Å². The molecule has 1 aliphatic carbocycles. The lowest BCUT2D eigenvalue weighted by atomic mass is 10.2. The van der Waals surface area contributed by atoms with Crippen LogP contribution in [-0.2, 0) is 14.8 Å². The Bertz CT molecular complexity index is 678. The number of ether oxygens (including phenoxy) is 1. The second-order valence-corrected chi connectivity index (χ2v) is 8.19. The summed E-state index contributed by atoms with van der Waals surface area (Å²) >= 11 is 0. The van der Waals surface area contributed by atoms with E-state index >= 15 is 0 Å². The van der Waals surface area contributed by atoms with E-state index in [0.717, 1.165) is 45.1 Å². The van der Waals surface area contributed by atoms with Crippen molar-refractivity contribution in [1.82, 2.24) is 10.0 Å². The lowest BCUT2D eigenvalue weighted by Gasteiger charge is -2.14. The summed E-state index contributed by atoms with van der Waals surface area (Å²) in [5.41, 5.74) is 0.349. The van der Waals surface area contributed by atoms with Gasteiger partial charge in [0, 0.05) is 24.8 Å². The van der Waals surface area contributed by atoms with E-state index in [0.29, 0.717) is 12.1 Å². The molecule has 1 aliphatic heterocycles. The Kier molecular flexibility index (Phi) is 5.53. The van der Waals surface area contributed by atoms with Crippen LogP contribution in [0, 0.1) is 0 Å². The Balaban J connectivity index is 1.64. The average molecular weight is 352 g/mol. The minimum Gasteiger partial charge on any atom is -0.376 e. The zero-order chi connectivity index (χ0) is 17.0. The lowest BCUT2D eigenvalue weighted by molar-refractivity contribution is 0.0857. The lowest BCUT2D eigenvalue weighted by Crippen LogP contribution is -2.33. The number of benzene rings is 1. The minimum absolute atomic E-state index is 0.00648. The van der Waals surface area contributed by atoms with E-state index in [-0.39, 0.29) is 22.9 Å². The number of nitrogens with one attached hydrogen (secondary N) is 2. The minimum atomic E-state index is -3.59. The fourth-order valence-electron chi connectivity index (χ4n) is 3.25. The average Bonchev–Trinajstić information content (AvgIpc) is 3.26. The molecule has 0 aromatic heterocycles. The van der Waals surface area contributed by atoms with Crippen LogP contribution in [0.15, 0.2) is 29.2 Å². The molecule has 1 aromatic rings. The van der Waals surface area contributed by atoms with Gasteiger partial charge in [0.2, 0.25) is 10.0 Å². The molecular formula is C17H24N2O4S. The molecule has 1 saturated carbocycles. The highest BCUT2D eigenvalue weighted by Gasteiger charge is 2.23. The van der Waals surface area contributed by atoms with Gasteiger partial charge >= 0.3 is 0 Å². The monoisotopic (exact) mass is 352 g/mol. The maximum atomic E-state index is 12.5. The number of rotatable bonds is 6. The standard InChI is InChI=1S/C17H24N2O4S/c20-17(18-12-15-8-4-10-23-15)13-5-3-9-16(11-13)24(21,22)19-14-6-1-2-7-14/h3,5,9,11,14-15,19H,1-2,4,6-8,10,12H2,(H,18,20). The first-order valence-electron chi connectivity index (χ1n) is 8.57. The van der Waals surface area contributed by atoms with Gasteiger partial charge in [0.25, 0.3) is 5.91 Å². The van der Waals surface area contributed by atoms with E-state index < -0.39 is 10.0 Å². The normalized spacial score (nSPS) is 21.9. The highest BCUT2D eigenvalue weighted by Crippen LogP contribution is 2.21. The van der Waals surface area contributed by atoms with Crippen LogP contribution in [0.1, 0.15) is 48.9 Å². The molecule has 2 N–H and O–H groups in total. The molecule has 2 aliphatic rings. The smallest absolute Gasteiger partial charge is 0.251 e. The molecule has 0 spiro atoms. The fourth-order valence-corrected chi connectivity index (χ4v) is 4.60. The maximum Gasteiger partial charge on any atom is 0.251 e. The molecule has 1 aromatic carbocycles. The Morgan fingerprint density at radius 3 is 2.67 bits per heavy atom. The summed E-state index contributed by atoms with van der Waals surface area (Å²) in [5, 5.41) is 2.81. The molecule has 0 radical (unpaired) electrons. The number of carbonyl (C=O) groups excluding carboxylic acids is 1. The molecule has 2 fully saturated rings. The Morgan fingerprint density at radius 2 is 1.96 bits per heavy atom. The zero-order valence-electron chi connectivity index (χ0n) is 13.7. The Hall–Kier alpha value is -1.44. The van der Waals surface area contributed by atoms with Gasteiger partial charge in [0.05, 0.1) is 11.0 Å². The van der Waals surface area contributed by atoms with Gasteiger partial charge in [0.1, 0.15) is 0 Å². The summed E-state index contributed by atoms with van der Waals surface area (Å²) in [6.45, 7) is 1.19. The van der Waals surface area contributed by atoms with Crippen molar-refractivity contribution in [1.29, 1.82) is 0 Å². The molecule has 1 atom stereocenters. The summed E-state index contributed by atoms with van der Waals surface area (Å²) in [7, 11) is -3.59. The van der Waals surface area contributed by atoms with Crippen LogP contribution in [0.4, 0.5) is 0 Å². The first kappa shape index (κ1) is 17.4. The molecule has 24 heavy (non-hydrogen) atoms. The van der Waals surface area contributed by atoms with Crippen LogP contribution in [0.25, 0.3) is 0 Å². The van der Waals surface area contributed by atoms with Crippen molar-refractivity contribution in [2.75, 3.05) is 13.2 Å². The summed E-state index contributed by atoms with van der Waals surface area (Å²) in [4.78, 5) is 12.4. The molecule has 7 heteroatoms. The van der Waals surface area contributed by atoms with E-state index in [1.807, 2.05) is 0 Å². The third kappa shape index (κ3) is 4.34. The van der Waals surface area contributed by atoms with Gasteiger partial charge in [-0.1, -0.05) is 18.9 Å². The Morgan fingerprint density at radius 1 is 1.17 bits per heavy atom. The van der Waals surface area contributed by atoms with Crippen molar-refractivity contribution in [3.05, 3.63) is 29.8 Å². The van der Waals surface area contributed by atoms with E-state index in [1.165, 1.54) is 12.1 Å². The second-order valence-electron chi connectivity index (χ2n) is 6.48. The number of sulfonamides is 1. The van der Waals surface area contributed by atoms with Gasteiger partial charge in [-0.25, -0.2) is 13.1 Å². The quantitative estimate of drug-likeness (QED) is 0.818. The largest absolute Gasteiger partial charge is 0.376 e. The van der Waals surface area contributed by atoms with Gasteiger partial charge in [-0.15, -0.1) is 0 Å². The predicted molar refractivity (Wildman–Crippen MR) is 90.3 cm³/mol. The number of carbonyl (C=O) groups is 1. The second kappa shape index (κ2) is 7.63.